The number of nitrogens with zero attached hydrogens (tertiary/aromatic N) is 3. The van der Waals surface area contributed by atoms with Crippen molar-refractivity contribution in [3.8, 4) is 28.7 Å². The molecule has 0 spiro atoms. The lowest BCUT2D eigenvalue weighted by molar-refractivity contribution is 0.414. The van der Waals surface area contributed by atoms with Gasteiger partial charge in [0.2, 0.25) is 5.82 Å². The average Bonchev–Trinajstić information content (AvgIpc) is 3.32. The monoisotopic (exact) mass is 349 g/mol. The molecule has 0 saturated carbocycles. The zero-order chi connectivity index (χ0) is 17.9. The van der Waals surface area contributed by atoms with Gasteiger partial charge in [-0.1, -0.05) is 17.3 Å². The molecule has 0 aliphatic rings. The Morgan fingerprint density at radius 3 is 2.73 bits per heavy atom. The minimum atomic E-state index is -0.301. The number of benzene rings is 2. The number of hydrogen-bond acceptors (Lipinski definition) is 4. The van der Waals surface area contributed by atoms with E-state index in [0.717, 1.165) is 17.0 Å². The quantitative estimate of drug-likeness (QED) is 0.536. The Morgan fingerprint density at radius 1 is 1.08 bits per heavy atom. The highest BCUT2D eigenvalue weighted by Crippen LogP contribution is 2.24. The highest BCUT2D eigenvalue weighted by molar-refractivity contribution is 5.58. The van der Waals surface area contributed by atoms with E-state index in [0.29, 0.717) is 23.8 Å². The molecule has 26 heavy (non-hydrogen) atoms. The van der Waals surface area contributed by atoms with Crippen molar-refractivity contribution in [2.75, 3.05) is 7.11 Å². The summed E-state index contributed by atoms with van der Waals surface area (Å²) < 4.78 is 25.8. The Labute approximate surface area is 149 Å². The topological polar surface area (TPSA) is 53.1 Å². The van der Waals surface area contributed by atoms with Crippen LogP contribution in [-0.2, 0) is 6.54 Å². The Kier molecular flexibility index (Phi) is 4.23. The lowest BCUT2D eigenvalue weighted by Crippen LogP contribution is -2.00. The molecular formula is C20H16FN3O2. The molecule has 0 fully saturated rings. The van der Waals surface area contributed by atoms with Crippen molar-refractivity contribution in [2.24, 2.45) is 0 Å². The predicted molar refractivity (Wildman–Crippen MR) is 95.2 cm³/mol. The summed E-state index contributed by atoms with van der Waals surface area (Å²) in [5.41, 5.74) is 2.61. The molecule has 4 aromatic rings. The molecule has 0 N–H and O–H groups in total. The fourth-order valence-electron chi connectivity index (χ4n) is 2.76. The first kappa shape index (κ1) is 16.1. The van der Waals surface area contributed by atoms with E-state index < -0.39 is 0 Å². The van der Waals surface area contributed by atoms with E-state index in [1.54, 1.807) is 19.2 Å². The van der Waals surface area contributed by atoms with Gasteiger partial charge >= 0.3 is 0 Å². The second-order valence-corrected chi connectivity index (χ2v) is 5.80. The standard InChI is InChI=1S/C20H16FN3O2/c1-25-17-5-2-4-14(12-17)13-24-11-3-6-18(24)20-22-19(23-26-20)15-7-9-16(21)10-8-15/h2-12H,13H2,1H3. The van der Waals surface area contributed by atoms with Crippen LogP contribution in [0.1, 0.15) is 5.56 Å². The van der Waals surface area contributed by atoms with Crippen molar-refractivity contribution >= 4 is 0 Å². The van der Waals surface area contributed by atoms with Crippen LogP contribution < -0.4 is 4.74 Å². The average molecular weight is 349 g/mol. The van der Waals surface area contributed by atoms with Gasteiger partial charge in [-0.2, -0.15) is 4.98 Å². The molecule has 0 bridgehead atoms. The van der Waals surface area contributed by atoms with E-state index in [1.165, 1.54) is 12.1 Å². The molecule has 130 valence electrons. The molecular weight excluding hydrogens is 333 g/mol. The maximum atomic E-state index is 13.1. The van der Waals surface area contributed by atoms with Crippen LogP contribution in [0.25, 0.3) is 23.0 Å². The Bertz CT molecular complexity index is 1020. The van der Waals surface area contributed by atoms with Crippen molar-refractivity contribution in [1.82, 2.24) is 14.7 Å². The van der Waals surface area contributed by atoms with Crippen LogP contribution in [0.15, 0.2) is 71.4 Å². The molecule has 0 amide bonds. The summed E-state index contributed by atoms with van der Waals surface area (Å²) in [4.78, 5) is 4.44. The second kappa shape index (κ2) is 6.84. The Balaban J connectivity index is 1.61. The van der Waals surface area contributed by atoms with Gasteiger partial charge in [-0.15, -0.1) is 0 Å². The molecule has 2 aromatic carbocycles. The summed E-state index contributed by atoms with van der Waals surface area (Å²) >= 11 is 0. The summed E-state index contributed by atoms with van der Waals surface area (Å²) in [6, 6.07) is 17.7. The number of halogens is 1. The van der Waals surface area contributed by atoms with Crippen molar-refractivity contribution in [3.63, 3.8) is 0 Å². The largest absolute Gasteiger partial charge is 0.497 e. The van der Waals surface area contributed by atoms with E-state index in [1.807, 2.05) is 47.2 Å². The molecule has 0 unspecified atom stereocenters. The number of aromatic nitrogens is 3. The number of hydrogen-bond donors (Lipinski definition) is 0. The molecule has 0 atom stereocenters. The maximum absolute atomic E-state index is 13.1. The third-order valence-corrected chi connectivity index (χ3v) is 4.06. The van der Waals surface area contributed by atoms with Crippen molar-refractivity contribution in [3.05, 3.63) is 78.2 Å². The molecule has 0 aliphatic carbocycles. The third kappa shape index (κ3) is 3.21. The Hall–Kier alpha value is -3.41. The fourth-order valence-corrected chi connectivity index (χ4v) is 2.76. The SMILES string of the molecule is COc1cccc(Cn2cccc2-c2nc(-c3ccc(F)cc3)no2)c1. The van der Waals surface area contributed by atoms with Gasteiger partial charge < -0.3 is 13.8 Å². The van der Waals surface area contributed by atoms with Gasteiger partial charge in [-0.25, -0.2) is 4.39 Å². The molecule has 2 aromatic heterocycles. The predicted octanol–water partition coefficient (Wildman–Crippen LogP) is 4.40. The zero-order valence-corrected chi connectivity index (χ0v) is 14.1. The highest BCUT2D eigenvalue weighted by atomic mass is 19.1. The van der Waals surface area contributed by atoms with Crippen molar-refractivity contribution < 1.29 is 13.7 Å². The smallest absolute Gasteiger partial charge is 0.274 e. The minimum Gasteiger partial charge on any atom is -0.497 e. The van der Waals surface area contributed by atoms with Crippen LogP contribution in [-0.4, -0.2) is 21.8 Å². The lowest BCUT2D eigenvalue weighted by Gasteiger charge is -2.08. The molecule has 4 rings (SSSR count). The van der Waals surface area contributed by atoms with Crippen LogP contribution in [0.4, 0.5) is 4.39 Å². The first-order valence-corrected chi connectivity index (χ1v) is 8.11. The van der Waals surface area contributed by atoms with Crippen LogP contribution in [0, 0.1) is 5.82 Å². The Morgan fingerprint density at radius 2 is 1.92 bits per heavy atom. The molecule has 0 radical (unpaired) electrons. The van der Waals surface area contributed by atoms with Gasteiger partial charge in [0.25, 0.3) is 5.89 Å². The summed E-state index contributed by atoms with van der Waals surface area (Å²) in [6.07, 6.45) is 1.95. The summed E-state index contributed by atoms with van der Waals surface area (Å²) in [6.45, 7) is 0.647. The molecule has 5 nitrogen and oxygen atoms in total. The van der Waals surface area contributed by atoms with E-state index in [9.17, 15) is 4.39 Å². The van der Waals surface area contributed by atoms with Crippen LogP contribution in [0.5, 0.6) is 5.75 Å². The number of rotatable bonds is 5. The van der Waals surface area contributed by atoms with Crippen LogP contribution in [0.2, 0.25) is 0 Å². The van der Waals surface area contributed by atoms with Gasteiger partial charge in [-0.3, -0.25) is 0 Å². The van der Waals surface area contributed by atoms with Crippen LogP contribution >= 0.6 is 0 Å². The zero-order valence-electron chi connectivity index (χ0n) is 14.1. The number of methoxy groups -OCH3 is 1. The van der Waals surface area contributed by atoms with Crippen LogP contribution in [0.3, 0.4) is 0 Å². The first-order chi connectivity index (χ1) is 12.7. The van der Waals surface area contributed by atoms with Gasteiger partial charge in [-0.05, 0) is 54.1 Å². The van der Waals surface area contributed by atoms with E-state index in [-0.39, 0.29) is 5.82 Å². The maximum Gasteiger partial charge on any atom is 0.274 e. The van der Waals surface area contributed by atoms with E-state index in [4.69, 9.17) is 9.26 Å². The van der Waals surface area contributed by atoms with Gasteiger partial charge in [0.05, 0.1) is 7.11 Å². The highest BCUT2D eigenvalue weighted by Gasteiger charge is 2.14. The second-order valence-electron chi connectivity index (χ2n) is 5.80. The first-order valence-electron chi connectivity index (χ1n) is 8.11. The molecule has 0 aliphatic heterocycles. The van der Waals surface area contributed by atoms with Crippen molar-refractivity contribution in [2.45, 2.75) is 6.54 Å². The van der Waals surface area contributed by atoms with E-state index in [2.05, 4.69) is 10.1 Å². The summed E-state index contributed by atoms with van der Waals surface area (Å²) in [7, 11) is 1.65. The number of ether oxygens (including phenoxy) is 1. The van der Waals surface area contributed by atoms with E-state index >= 15 is 0 Å². The van der Waals surface area contributed by atoms with Gasteiger partial charge in [0.1, 0.15) is 17.3 Å². The minimum absolute atomic E-state index is 0.301. The third-order valence-electron chi connectivity index (χ3n) is 4.06. The molecule has 6 heteroatoms. The van der Waals surface area contributed by atoms with Gasteiger partial charge in [0.15, 0.2) is 0 Å². The van der Waals surface area contributed by atoms with Gasteiger partial charge in [0, 0.05) is 18.3 Å². The molecule has 2 heterocycles. The normalized spacial score (nSPS) is 10.8. The molecule has 0 saturated heterocycles. The fraction of sp³-hybridized carbons (Fsp3) is 0.100. The van der Waals surface area contributed by atoms with Crippen molar-refractivity contribution in [1.29, 1.82) is 0 Å². The summed E-state index contributed by atoms with van der Waals surface area (Å²) in [5.74, 6) is 1.35. The summed E-state index contributed by atoms with van der Waals surface area (Å²) in [5, 5.41) is 4.01. The lowest BCUT2D eigenvalue weighted by atomic mass is 10.2.